The second kappa shape index (κ2) is 30.7. The molecular formula is C46H76O36S2. The maximum absolute atomic E-state index is 12.7. The van der Waals surface area contributed by atoms with Crippen LogP contribution in [0.25, 0.3) is 0 Å². The summed E-state index contributed by atoms with van der Waals surface area (Å²) in [6.07, 6.45) is -36.6. The van der Waals surface area contributed by atoms with Crippen LogP contribution >= 0.6 is 0 Å². The fraction of sp³-hybridized carbons (Fsp3) is 0.913. The van der Waals surface area contributed by atoms with E-state index in [-0.39, 0.29) is 0 Å². The van der Waals surface area contributed by atoms with Crippen molar-refractivity contribution in [2.24, 2.45) is 29.6 Å². The van der Waals surface area contributed by atoms with E-state index in [1.807, 2.05) is 0 Å². The largest absolute Gasteiger partial charge is 0.479 e. The van der Waals surface area contributed by atoms with Crippen LogP contribution in [0.1, 0.15) is 13.8 Å². The zero-order valence-corrected chi connectivity index (χ0v) is 46.5. The second-order valence-electron chi connectivity index (χ2n) is 21.2. The van der Waals surface area contributed by atoms with Crippen LogP contribution in [-0.4, -0.2) is 334 Å². The predicted molar refractivity (Wildman–Crippen MR) is 264 cm³/mol. The van der Waals surface area contributed by atoms with Crippen molar-refractivity contribution in [1.29, 1.82) is 0 Å². The van der Waals surface area contributed by atoms with Crippen LogP contribution in [0.5, 0.6) is 0 Å². The Balaban J connectivity index is 1.10. The fourth-order valence-corrected chi connectivity index (χ4v) is 11.9. The van der Waals surface area contributed by atoms with Gasteiger partial charge in [-0.15, -0.1) is 0 Å². The van der Waals surface area contributed by atoms with E-state index in [2.05, 4.69) is 8.37 Å². The van der Waals surface area contributed by atoms with E-state index in [0.717, 1.165) is 6.08 Å². The van der Waals surface area contributed by atoms with Crippen LogP contribution in [0, 0.1) is 29.6 Å². The molecule has 0 amide bonds. The van der Waals surface area contributed by atoms with Crippen LogP contribution in [0.3, 0.4) is 0 Å². The molecule has 11 unspecified atom stereocenters. The summed E-state index contributed by atoms with van der Waals surface area (Å²) in [7, 11) is -10.3. The highest BCUT2D eigenvalue weighted by atomic mass is 32.3. The Bertz CT molecular complexity index is 2350. The van der Waals surface area contributed by atoms with Crippen molar-refractivity contribution in [3.05, 3.63) is 11.8 Å². The van der Waals surface area contributed by atoms with Gasteiger partial charge in [0.25, 0.3) is 0 Å². The molecule has 0 spiro atoms. The monoisotopic (exact) mass is 1270 g/mol. The molecule has 0 radical (unpaired) electrons. The van der Waals surface area contributed by atoms with Crippen molar-refractivity contribution in [2.45, 2.75) is 154 Å². The van der Waals surface area contributed by atoms with Gasteiger partial charge in [0.2, 0.25) is 5.76 Å². The molecular weight excluding hydrogens is 1190 g/mol. The standard InChI is InChI=1S/C46H76O36S2/c1-16-32(50)42(81-83(64,65)66)39(57)30(75-16)14-71-7-19-18(6-70-12-28-37(55)23(49)3-24(77-28)44(59)60)27(78-25(4-47)34(19)52)11-74-10-22-36(54)38(56)29(79-41(22)45(61)62)13-73-9-21-20(35(53)26(5-48)80-46(21)63)8-72-15-31-40(58)43(82-84(67,68)69)33(51)17(2)76-31/h3,16-23,25-43,46-58,63H,4-15H2,1-2H3,(H,59,60)(H,61,62)(H,64,65,66)(H,67,68,69)/t16?,17?,18?,19-,20-,21?,22-,23+,25?,26?,27+,28-,29-,30-,31-,32+,33+,34-,35-,36+,37?,38?,39?,40?,41?,42-,43-,46+/m0/s1. The molecule has 0 bridgehead atoms. The van der Waals surface area contributed by atoms with Crippen LogP contribution in [-0.2, 0) is 90.9 Å². The Labute approximate surface area is 479 Å². The zero-order chi connectivity index (χ0) is 62.3. The predicted octanol–water partition coefficient (Wildman–Crippen LogP) is -9.60. The molecule has 6 heterocycles. The van der Waals surface area contributed by atoms with Crippen LogP contribution in [0.4, 0.5) is 0 Å². The van der Waals surface area contributed by atoms with Gasteiger partial charge in [-0.05, 0) is 19.9 Å². The maximum Gasteiger partial charge on any atom is 0.397 e. The molecule has 0 aliphatic carbocycles. The van der Waals surface area contributed by atoms with E-state index in [9.17, 15) is 108 Å². The van der Waals surface area contributed by atoms with Gasteiger partial charge in [0.15, 0.2) is 18.5 Å². The highest BCUT2D eigenvalue weighted by molar-refractivity contribution is 7.81. The first-order valence-electron chi connectivity index (χ1n) is 26.4. The van der Waals surface area contributed by atoms with Crippen LogP contribution in [0.2, 0.25) is 0 Å². The molecule has 488 valence electrons. The fourth-order valence-electron chi connectivity index (χ4n) is 10.9. The van der Waals surface area contributed by atoms with Gasteiger partial charge in [0.05, 0.1) is 116 Å². The SMILES string of the molecule is CC1O[C@@H](COC[C@H]2C(COC[C@@H]3OC(C(=O)O)[C@@H](COC[C@H]4OC(CO)[C@@H](O)[C@@H](COC[C@@H]5OC(C)[C@@H](O)[C@H](OS(=O)(=O)O)C5O)C4COC[C@@H]4OC(C(=O)O)=C[C@@H](O)C4O)[C@@H](O)C3O)[C@H](O)OC(CO)[C@H]2O)C(O)[C@@H](OS(=O)(=O)O)[C@@H]1O. The molecule has 5 fully saturated rings. The van der Waals surface area contributed by atoms with E-state index < -0.39 is 288 Å². The lowest BCUT2D eigenvalue weighted by molar-refractivity contribution is -0.275. The van der Waals surface area contributed by atoms with Gasteiger partial charge < -0.3 is 129 Å². The van der Waals surface area contributed by atoms with E-state index in [4.69, 9.17) is 56.7 Å². The van der Waals surface area contributed by atoms with Gasteiger partial charge in [-0.25, -0.2) is 18.0 Å². The minimum absolute atomic E-state index is 0.482. The molecule has 38 heteroatoms. The van der Waals surface area contributed by atoms with E-state index >= 15 is 0 Å². The number of aliphatic hydroxyl groups is 13. The Morgan fingerprint density at radius 3 is 1.30 bits per heavy atom. The van der Waals surface area contributed by atoms with E-state index in [1.54, 1.807) is 0 Å². The molecule has 0 aromatic rings. The summed E-state index contributed by atoms with van der Waals surface area (Å²) in [5.74, 6) is -10.1. The second-order valence-corrected chi connectivity index (χ2v) is 23.3. The van der Waals surface area contributed by atoms with Gasteiger partial charge in [-0.1, -0.05) is 0 Å². The Kier molecular flexibility index (Phi) is 25.7. The van der Waals surface area contributed by atoms with Crippen molar-refractivity contribution >= 4 is 32.7 Å². The minimum atomic E-state index is -5.19. The lowest BCUT2D eigenvalue weighted by atomic mass is 9.79. The van der Waals surface area contributed by atoms with Gasteiger partial charge in [0, 0.05) is 29.6 Å². The summed E-state index contributed by atoms with van der Waals surface area (Å²) in [5.41, 5.74) is 0. The lowest BCUT2D eigenvalue weighted by Crippen LogP contribution is -2.60. The number of carbonyl (C=O) groups is 2. The third-order valence-corrected chi connectivity index (χ3v) is 16.5. The molecule has 6 aliphatic rings. The summed E-state index contributed by atoms with van der Waals surface area (Å²) in [6.45, 7) is -4.67. The average molecular weight is 1270 g/mol. The van der Waals surface area contributed by atoms with Gasteiger partial charge in [0.1, 0.15) is 85.5 Å². The molecule has 17 N–H and O–H groups in total. The van der Waals surface area contributed by atoms with E-state index in [0.29, 0.717) is 0 Å². The number of rotatable bonds is 28. The minimum Gasteiger partial charge on any atom is -0.479 e. The molecule has 84 heavy (non-hydrogen) atoms. The summed E-state index contributed by atoms with van der Waals surface area (Å²) in [4.78, 5) is 24.4. The smallest absolute Gasteiger partial charge is 0.397 e. The topological polar surface area (TPSA) is 566 Å². The number of carboxylic acid groups (broad SMARTS) is 2. The van der Waals surface area contributed by atoms with Crippen LogP contribution in [0.15, 0.2) is 11.8 Å². The molecule has 0 saturated carbocycles. The summed E-state index contributed by atoms with van der Waals surface area (Å²) < 4.78 is 136. The number of hydrogen-bond donors (Lipinski definition) is 17. The molecule has 0 aromatic heterocycles. The van der Waals surface area contributed by atoms with Crippen molar-refractivity contribution in [2.75, 3.05) is 79.3 Å². The number of carboxylic acids is 2. The third-order valence-electron chi connectivity index (χ3n) is 15.5. The Hall–Kier alpha value is -2.70. The van der Waals surface area contributed by atoms with Crippen molar-refractivity contribution in [3.8, 4) is 0 Å². The van der Waals surface area contributed by atoms with Crippen molar-refractivity contribution in [3.63, 3.8) is 0 Å². The summed E-state index contributed by atoms with van der Waals surface area (Å²) >= 11 is 0. The summed E-state index contributed by atoms with van der Waals surface area (Å²) in [6, 6.07) is 0. The van der Waals surface area contributed by atoms with Crippen LogP contribution < -0.4 is 0 Å². The number of ether oxygens (including phenoxy) is 11. The molecule has 6 rings (SSSR count). The highest BCUT2D eigenvalue weighted by Gasteiger charge is 2.52. The first kappa shape index (κ1) is 70.4. The molecule has 5 saturated heterocycles. The van der Waals surface area contributed by atoms with Crippen molar-refractivity contribution < 1.29 is 173 Å². The normalized spacial score (nSPS) is 43.3. The van der Waals surface area contributed by atoms with Gasteiger partial charge in [-0.2, -0.15) is 16.8 Å². The van der Waals surface area contributed by atoms with Crippen molar-refractivity contribution in [1.82, 2.24) is 0 Å². The molecule has 28 atom stereocenters. The molecule has 6 aliphatic heterocycles. The number of aliphatic carboxylic acids is 2. The zero-order valence-electron chi connectivity index (χ0n) is 44.9. The van der Waals surface area contributed by atoms with Gasteiger partial charge in [-0.3, -0.25) is 9.11 Å². The maximum atomic E-state index is 12.7. The number of hydrogen-bond acceptors (Lipinski definition) is 32. The summed E-state index contributed by atoms with van der Waals surface area (Å²) in [5, 5.41) is 159. The number of aliphatic hydroxyl groups excluding tert-OH is 13. The third kappa shape index (κ3) is 17.8. The lowest BCUT2D eigenvalue weighted by Gasteiger charge is -2.45. The van der Waals surface area contributed by atoms with Gasteiger partial charge >= 0.3 is 32.7 Å². The van der Waals surface area contributed by atoms with E-state index in [1.165, 1.54) is 13.8 Å². The molecule has 0 aromatic carbocycles. The average Bonchev–Trinajstić information content (AvgIpc) is 2.82. The first-order valence-corrected chi connectivity index (χ1v) is 29.1. The first-order chi connectivity index (χ1) is 39.4. The quantitative estimate of drug-likeness (QED) is 0.0324. The Morgan fingerprint density at radius 1 is 0.440 bits per heavy atom. The molecule has 36 nitrogen and oxygen atoms in total. The Morgan fingerprint density at radius 2 is 0.845 bits per heavy atom. The highest BCUT2D eigenvalue weighted by Crippen LogP contribution is 2.37.